The van der Waals surface area contributed by atoms with Gasteiger partial charge in [-0.15, -0.1) is 0 Å². The first kappa shape index (κ1) is 11.5. The van der Waals surface area contributed by atoms with Gasteiger partial charge in [-0.05, 0) is 30.7 Å². The lowest BCUT2D eigenvalue weighted by Gasteiger charge is -2.00. The predicted octanol–water partition coefficient (Wildman–Crippen LogP) is 3.12. The van der Waals surface area contributed by atoms with E-state index in [0.717, 1.165) is 16.6 Å². The van der Waals surface area contributed by atoms with Crippen molar-refractivity contribution in [3.63, 3.8) is 0 Å². The van der Waals surface area contributed by atoms with E-state index in [4.69, 9.17) is 0 Å². The van der Waals surface area contributed by atoms with E-state index in [9.17, 15) is 4.79 Å². The monoisotopic (exact) mass is 251 g/mol. The van der Waals surface area contributed by atoms with Gasteiger partial charge in [0.15, 0.2) is 0 Å². The Kier molecular flexibility index (Phi) is 2.76. The summed E-state index contributed by atoms with van der Waals surface area (Å²) >= 11 is 0. The topological polar surface area (TPSA) is 57.8 Å². The number of imidazole rings is 1. The normalized spacial score (nSPS) is 10.6. The maximum absolute atomic E-state index is 12.0. The summed E-state index contributed by atoms with van der Waals surface area (Å²) < 4.78 is 0. The molecule has 2 N–H and O–H groups in total. The Hall–Kier alpha value is -2.62. The number of fused-ring (bicyclic) bond motifs is 1. The highest BCUT2D eigenvalue weighted by Crippen LogP contribution is 2.18. The average Bonchev–Trinajstić information content (AvgIpc) is 2.84. The second kappa shape index (κ2) is 4.57. The van der Waals surface area contributed by atoms with Gasteiger partial charge in [0.05, 0.1) is 11.0 Å². The molecule has 0 saturated heterocycles. The van der Waals surface area contributed by atoms with Crippen molar-refractivity contribution in [1.29, 1.82) is 0 Å². The highest BCUT2D eigenvalue weighted by Gasteiger charge is 2.09. The number of carbonyl (C=O) groups is 1. The van der Waals surface area contributed by atoms with E-state index in [1.165, 1.54) is 0 Å². The van der Waals surface area contributed by atoms with Crippen molar-refractivity contribution in [1.82, 2.24) is 9.97 Å². The molecule has 4 nitrogen and oxygen atoms in total. The number of amides is 1. The van der Waals surface area contributed by atoms with Gasteiger partial charge in [0.2, 0.25) is 5.95 Å². The summed E-state index contributed by atoms with van der Waals surface area (Å²) in [5.74, 6) is 0.301. The molecule has 1 heterocycles. The van der Waals surface area contributed by atoms with Gasteiger partial charge in [-0.1, -0.05) is 30.3 Å². The Bertz CT molecular complexity index is 731. The quantitative estimate of drug-likeness (QED) is 0.735. The molecule has 3 rings (SSSR count). The number of nitrogens with one attached hydrogen (secondary N) is 2. The zero-order chi connectivity index (χ0) is 13.2. The van der Waals surface area contributed by atoms with Crippen molar-refractivity contribution >= 4 is 22.9 Å². The van der Waals surface area contributed by atoms with E-state index in [1.54, 1.807) is 12.1 Å². The molecular weight excluding hydrogens is 238 g/mol. The summed E-state index contributed by atoms with van der Waals surface area (Å²) in [5, 5.41) is 2.77. The second-order valence-corrected chi connectivity index (χ2v) is 4.38. The number of aromatic nitrogens is 2. The summed E-state index contributed by atoms with van der Waals surface area (Å²) in [6.45, 7) is 1.99. The van der Waals surface area contributed by atoms with Gasteiger partial charge in [-0.3, -0.25) is 10.1 Å². The SMILES string of the molecule is Cc1cccc2[nH]c(NC(=O)c3ccccc3)nc12. The maximum Gasteiger partial charge on any atom is 0.257 e. The molecule has 0 radical (unpaired) electrons. The van der Waals surface area contributed by atoms with Crippen molar-refractivity contribution in [3.8, 4) is 0 Å². The number of aryl methyl sites for hydroxylation is 1. The van der Waals surface area contributed by atoms with Gasteiger partial charge in [-0.25, -0.2) is 4.98 Å². The van der Waals surface area contributed by atoms with E-state index in [0.29, 0.717) is 11.5 Å². The highest BCUT2D eigenvalue weighted by atomic mass is 16.1. The van der Waals surface area contributed by atoms with Crippen molar-refractivity contribution in [2.45, 2.75) is 6.92 Å². The number of rotatable bonds is 2. The van der Waals surface area contributed by atoms with Gasteiger partial charge in [0.1, 0.15) is 0 Å². The molecule has 0 fully saturated rings. The lowest BCUT2D eigenvalue weighted by Crippen LogP contribution is -2.12. The van der Waals surface area contributed by atoms with E-state index < -0.39 is 0 Å². The van der Waals surface area contributed by atoms with E-state index in [1.807, 2.05) is 43.3 Å². The van der Waals surface area contributed by atoms with Crippen LogP contribution in [-0.4, -0.2) is 15.9 Å². The van der Waals surface area contributed by atoms with Gasteiger partial charge in [0, 0.05) is 5.56 Å². The number of H-pyrrole nitrogens is 1. The fourth-order valence-electron chi connectivity index (χ4n) is 2.00. The molecule has 0 spiro atoms. The molecule has 19 heavy (non-hydrogen) atoms. The third kappa shape index (κ3) is 2.20. The molecule has 1 aromatic heterocycles. The van der Waals surface area contributed by atoms with Crippen molar-refractivity contribution in [2.75, 3.05) is 5.32 Å². The summed E-state index contributed by atoms with van der Waals surface area (Å²) in [6.07, 6.45) is 0. The Morgan fingerprint density at radius 3 is 2.63 bits per heavy atom. The number of hydrogen-bond acceptors (Lipinski definition) is 2. The lowest BCUT2D eigenvalue weighted by atomic mass is 10.2. The molecule has 3 aromatic rings. The number of aromatic amines is 1. The van der Waals surface area contributed by atoms with Crippen molar-refractivity contribution in [2.24, 2.45) is 0 Å². The number of anilines is 1. The van der Waals surface area contributed by atoms with Crippen LogP contribution < -0.4 is 5.32 Å². The third-order valence-electron chi connectivity index (χ3n) is 2.98. The van der Waals surface area contributed by atoms with Crippen LogP contribution in [0.15, 0.2) is 48.5 Å². The first-order valence-corrected chi connectivity index (χ1v) is 6.06. The van der Waals surface area contributed by atoms with E-state index in [2.05, 4.69) is 15.3 Å². The van der Waals surface area contributed by atoms with Crippen LogP contribution in [0.3, 0.4) is 0 Å². The average molecular weight is 251 g/mol. The molecule has 0 aliphatic carbocycles. The predicted molar refractivity (Wildman–Crippen MR) is 75.2 cm³/mol. The standard InChI is InChI=1S/C15H13N3O/c1-10-6-5-9-12-13(10)17-15(16-12)18-14(19)11-7-3-2-4-8-11/h2-9H,1H3,(H2,16,17,18,19). The van der Waals surface area contributed by atoms with Crippen LogP contribution in [0.2, 0.25) is 0 Å². The van der Waals surface area contributed by atoms with Crippen molar-refractivity contribution < 1.29 is 4.79 Å². The van der Waals surface area contributed by atoms with Crippen LogP contribution in [0.1, 0.15) is 15.9 Å². The summed E-state index contributed by atoms with van der Waals surface area (Å²) in [7, 11) is 0. The molecule has 1 amide bonds. The Balaban J connectivity index is 1.90. The summed E-state index contributed by atoms with van der Waals surface area (Å²) in [5.41, 5.74) is 3.49. The van der Waals surface area contributed by atoms with Gasteiger partial charge < -0.3 is 4.98 Å². The Morgan fingerprint density at radius 2 is 1.89 bits per heavy atom. The maximum atomic E-state index is 12.0. The second-order valence-electron chi connectivity index (χ2n) is 4.38. The molecule has 0 aliphatic heterocycles. The van der Waals surface area contributed by atoms with E-state index in [-0.39, 0.29) is 5.91 Å². The minimum atomic E-state index is -0.169. The lowest BCUT2D eigenvalue weighted by molar-refractivity contribution is 0.102. The first-order valence-electron chi connectivity index (χ1n) is 6.06. The number of hydrogen-bond donors (Lipinski definition) is 2. The van der Waals surface area contributed by atoms with Crippen LogP contribution in [0, 0.1) is 6.92 Å². The molecular formula is C15H13N3O. The highest BCUT2D eigenvalue weighted by molar-refractivity contribution is 6.03. The van der Waals surface area contributed by atoms with Crippen molar-refractivity contribution in [3.05, 3.63) is 59.7 Å². The Morgan fingerprint density at radius 1 is 1.11 bits per heavy atom. The van der Waals surface area contributed by atoms with Gasteiger partial charge in [0.25, 0.3) is 5.91 Å². The van der Waals surface area contributed by atoms with Crippen LogP contribution in [-0.2, 0) is 0 Å². The van der Waals surface area contributed by atoms with Gasteiger partial charge in [-0.2, -0.15) is 0 Å². The fraction of sp³-hybridized carbons (Fsp3) is 0.0667. The third-order valence-corrected chi connectivity index (χ3v) is 2.98. The van der Waals surface area contributed by atoms with Crippen LogP contribution in [0.5, 0.6) is 0 Å². The number of para-hydroxylation sites is 1. The number of carbonyl (C=O) groups excluding carboxylic acids is 1. The molecule has 0 unspecified atom stereocenters. The van der Waals surface area contributed by atoms with Gasteiger partial charge >= 0.3 is 0 Å². The molecule has 94 valence electrons. The smallest absolute Gasteiger partial charge is 0.257 e. The minimum absolute atomic E-state index is 0.169. The zero-order valence-corrected chi connectivity index (χ0v) is 10.5. The molecule has 0 aliphatic rings. The molecule has 0 bridgehead atoms. The minimum Gasteiger partial charge on any atom is -0.324 e. The van der Waals surface area contributed by atoms with E-state index >= 15 is 0 Å². The Labute approximate surface area is 110 Å². The van der Waals surface area contributed by atoms with Crippen LogP contribution >= 0.6 is 0 Å². The largest absolute Gasteiger partial charge is 0.324 e. The molecule has 0 saturated carbocycles. The zero-order valence-electron chi connectivity index (χ0n) is 10.5. The number of nitrogens with zero attached hydrogens (tertiary/aromatic N) is 1. The van der Waals surface area contributed by atoms with Crippen LogP contribution in [0.4, 0.5) is 5.95 Å². The first-order chi connectivity index (χ1) is 9.24. The molecule has 4 heteroatoms. The molecule has 2 aromatic carbocycles. The summed E-state index contributed by atoms with van der Waals surface area (Å²) in [6, 6.07) is 15.0. The number of benzene rings is 2. The fourth-order valence-corrected chi connectivity index (χ4v) is 2.00. The van der Waals surface area contributed by atoms with Crippen LogP contribution in [0.25, 0.3) is 11.0 Å². The summed E-state index contributed by atoms with van der Waals surface area (Å²) in [4.78, 5) is 19.5. The molecule has 0 atom stereocenters.